The number of aliphatic hydroxyl groups excluding tert-OH is 1. The highest BCUT2D eigenvalue weighted by Gasteiger charge is 2.38. The number of rotatable bonds is 9. The molecule has 3 atom stereocenters. The van der Waals surface area contributed by atoms with Crippen molar-refractivity contribution >= 4 is 29.7 Å². The zero-order chi connectivity index (χ0) is 22.3. The zero-order valence-electron chi connectivity index (χ0n) is 16.6. The van der Waals surface area contributed by atoms with Crippen LogP contribution in [0.2, 0.25) is 0 Å². The molecular formula is C20H25FN4O5. The lowest BCUT2D eigenvalue weighted by atomic mass is 10.1. The van der Waals surface area contributed by atoms with Gasteiger partial charge in [-0.25, -0.2) is 4.39 Å². The second kappa shape index (κ2) is 10.6. The molecule has 9 nitrogen and oxygen atoms in total. The van der Waals surface area contributed by atoms with Crippen molar-refractivity contribution in [2.24, 2.45) is 0 Å². The molecule has 0 unspecified atom stereocenters. The van der Waals surface area contributed by atoms with Crippen LogP contribution in [0.25, 0.3) is 0 Å². The summed E-state index contributed by atoms with van der Waals surface area (Å²) >= 11 is 0. The molecule has 1 aliphatic heterocycles. The van der Waals surface area contributed by atoms with Gasteiger partial charge in [-0.15, -0.1) is 0 Å². The molecule has 2 rings (SSSR count). The summed E-state index contributed by atoms with van der Waals surface area (Å²) in [6.07, 6.45) is -0.309. The maximum absolute atomic E-state index is 13.0. The molecule has 0 spiro atoms. The SMILES string of the molecule is CC(=O)N1C[C@@H](O)C[C@H]1C(=O)N[C@@H](CCC(=O)C=N)C(=O)NCc1ccc(F)cc1. The summed E-state index contributed by atoms with van der Waals surface area (Å²) < 4.78 is 13.0. The van der Waals surface area contributed by atoms with Crippen LogP contribution >= 0.6 is 0 Å². The Hall–Kier alpha value is -3.14. The van der Waals surface area contributed by atoms with Gasteiger partial charge in [0, 0.05) is 32.9 Å². The highest BCUT2D eigenvalue weighted by molar-refractivity contribution is 6.26. The summed E-state index contributed by atoms with van der Waals surface area (Å²) in [6.45, 7) is 1.40. The first-order valence-corrected chi connectivity index (χ1v) is 9.52. The first-order chi connectivity index (χ1) is 14.2. The molecule has 0 saturated carbocycles. The fourth-order valence-electron chi connectivity index (χ4n) is 3.22. The number of halogens is 1. The molecule has 1 aromatic carbocycles. The molecule has 1 fully saturated rings. The van der Waals surface area contributed by atoms with E-state index in [0.29, 0.717) is 11.8 Å². The number of likely N-dealkylation sites (tertiary alicyclic amines) is 1. The quantitative estimate of drug-likeness (QED) is 0.413. The van der Waals surface area contributed by atoms with E-state index in [1.807, 2.05) is 0 Å². The number of Topliss-reactive ketones (excluding diaryl/α,β-unsaturated/α-hetero) is 1. The molecular weight excluding hydrogens is 395 g/mol. The van der Waals surface area contributed by atoms with Crippen LogP contribution in [0.3, 0.4) is 0 Å². The predicted molar refractivity (Wildman–Crippen MR) is 105 cm³/mol. The number of aliphatic hydroxyl groups is 1. The van der Waals surface area contributed by atoms with Crippen LogP contribution in [0, 0.1) is 11.2 Å². The molecule has 1 heterocycles. The monoisotopic (exact) mass is 420 g/mol. The predicted octanol–water partition coefficient (Wildman–Crippen LogP) is -0.0927. The summed E-state index contributed by atoms with van der Waals surface area (Å²) in [5.41, 5.74) is 0.645. The van der Waals surface area contributed by atoms with E-state index in [-0.39, 0.29) is 38.3 Å². The van der Waals surface area contributed by atoms with Gasteiger partial charge in [-0.1, -0.05) is 12.1 Å². The summed E-state index contributed by atoms with van der Waals surface area (Å²) in [5.74, 6) is -2.44. The number of nitrogens with zero attached hydrogens (tertiary/aromatic N) is 1. The van der Waals surface area contributed by atoms with Gasteiger partial charge in [-0.05, 0) is 24.1 Å². The third-order valence-electron chi connectivity index (χ3n) is 4.84. The second-order valence-corrected chi connectivity index (χ2v) is 7.13. The minimum absolute atomic E-state index is 0.0289. The van der Waals surface area contributed by atoms with Crippen molar-refractivity contribution in [3.05, 3.63) is 35.6 Å². The topological polar surface area (TPSA) is 140 Å². The normalized spacial score (nSPS) is 19.1. The number of carbonyl (C=O) groups is 4. The van der Waals surface area contributed by atoms with Crippen molar-refractivity contribution < 1.29 is 28.7 Å². The average molecular weight is 420 g/mol. The second-order valence-electron chi connectivity index (χ2n) is 7.13. The molecule has 162 valence electrons. The van der Waals surface area contributed by atoms with Gasteiger partial charge in [0.05, 0.1) is 12.3 Å². The maximum atomic E-state index is 13.0. The van der Waals surface area contributed by atoms with E-state index < -0.39 is 41.6 Å². The van der Waals surface area contributed by atoms with E-state index in [2.05, 4.69) is 10.6 Å². The first kappa shape index (κ1) is 23.1. The van der Waals surface area contributed by atoms with Crippen LogP contribution in [0.4, 0.5) is 4.39 Å². The molecule has 0 bridgehead atoms. The summed E-state index contributed by atoms with van der Waals surface area (Å²) in [6, 6.07) is 3.53. The molecule has 0 aliphatic carbocycles. The number of hydrogen-bond donors (Lipinski definition) is 4. The Bertz CT molecular complexity index is 814. The standard InChI is InChI=1S/C20H25FN4O5/c1-12(26)25-11-16(28)8-18(25)20(30)24-17(7-6-15(27)9-22)19(29)23-10-13-2-4-14(21)5-3-13/h2-5,9,16-18,22,28H,6-8,10-11H2,1H3,(H,23,29)(H,24,30)/t16-,17-,18-/m0/s1. The highest BCUT2D eigenvalue weighted by Crippen LogP contribution is 2.18. The first-order valence-electron chi connectivity index (χ1n) is 9.52. The van der Waals surface area contributed by atoms with Crippen LogP contribution < -0.4 is 10.6 Å². The van der Waals surface area contributed by atoms with Gasteiger partial charge in [0.15, 0.2) is 5.78 Å². The Morgan fingerprint density at radius 2 is 1.97 bits per heavy atom. The van der Waals surface area contributed by atoms with Crippen molar-refractivity contribution in [1.29, 1.82) is 5.41 Å². The molecule has 4 N–H and O–H groups in total. The van der Waals surface area contributed by atoms with Crippen molar-refractivity contribution in [3.8, 4) is 0 Å². The number of ketones is 1. The van der Waals surface area contributed by atoms with Gasteiger partial charge in [-0.3, -0.25) is 19.2 Å². The third kappa shape index (κ3) is 6.45. The van der Waals surface area contributed by atoms with E-state index in [1.165, 1.54) is 36.1 Å². The fraction of sp³-hybridized carbons (Fsp3) is 0.450. The fourth-order valence-corrected chi connectivity index (χ4v) is 3.22. The van der Waals surface area contributed by atoms with E-state index in [1.54, 1.807) is 0 Å². The Morgan fingerprint density at radius 1 is 1.30 bits per heavy atom. The molecule has 30 heavy (non-hydrogen) atoms. The minimum Gasteiger partial charge on any atom is -0.391 e. The van der Waals surface area contributed by atoms with Crippen LogP contribution in [0.5, 0.6) is 0 Å². The van der Waals surface area contributed by atoms with E-state index in [0.717, 1.165) is 0 Å². The number of β-amino-alcohol motifs (C(OH)–C–C–N with tert-alkyl or cyclic N) is 1. The van der Waals surface area contributed by atoms with Crippen LogP contribution in [-0.2, 0) is 25.7 Å². The van der Waals surface area contributed by atoms with E-state index in [4.69, 9.17) is 5.41 Å². The number of nitrogens with one attached hydrogen (secondary N) is 3. The smallest absolute Gasteiger partial charge is 0.243 e. The molecule has 0 aromatic heterocycles. The highest BCUT2D eigenvalue weighted by atomic mass is 19.1. The summed E-state index contributed by atoms with van der Waals surface area (Å²) in [5, 5.41) is 21.9. The molecule has 1 aliphatic rings. The Morgan fingerprint density at radius 3 is 2.57 bits per heavy atom. The number of benzene rings is 1. The van der Waals surface area contributed by atoms with Crippen LogP contribution in [0.15, 0.2) is 24.3 Å². The van der Waals surface area contributed by atoms with Gasteiger partial charge in [0.2, 0.25) is 17.7 Å². The number of amides is 3. The average Bonchev–Trinajstić information content (AvgIpc) is 3.12. The van der Waals surface area contributed by atoms with E-state index in [9.17, 15) is 28.7 Å². The van der Waals surface area contributed by atoms with Crippen molar-refractivity contribution in [2.45, 2.75) is 50.9 Å². The van der Waals surface area contributed by atoms with Gasteiger partial charge >= 0.3 is 0 Å². The lowest BCUT2D eigenvalue weighted by Gasteiger charge is -2.25. The van der Waals surface area contributed by atoms with Crippen molar-refractivity contribution in [2.75, 3.05) is 6.54 Å². The van der Waals surface area contributed by atoms with Gasteiger partial charge in [0.1, 0.15) is 17.9 Å². The van der Waals surface area contributed by atoms with Crippen LogP contribution in [-0.4, -0.2) is 64.5 Å². The third-order valence-corrected chi connectivity index (χ3v) is 4.84. The van der Waals surface area contributed by atoms with Gasteiger partial charge in [0.25, 0.3) is 0 Å². The summed E-state index contributed by atoms with van der Waals surface area (Å²) in [4.78, 5) is 49.7. The maximum Gasteiger partial charge on any atom is 0.243 e. The van der Waals surface area contributed by atoms with Crippen molar-refractivity contribution in [3.63, 3.8) is 0 Å². The summed E-state index contributed by atoms with van der Waals surface area (Å²) in [7, 11) is 0. The Labute approximate surface area is 173 Å². The van der Waals surface area contributed by atoms with Gasteiger partial charge < -0.3 is 26.0 Å². The largest absolute Gasteiger partial charge is 0.391 e. The Kier molecular flexibility index (Phi) is 8.16. The lowest BCUT2D eigenvalue weighted by molar-refractivity contribution is -0.138. The number of hydrogen-bond acceptors (Lipinski definition) is 6. The molecule has 10 heteroatoms. The van der Waals surface area contributed by atoms with E-state index >= 15 is 0 Å². The zero-order valence-corrected chi connectivity index (χ0v) is 16.6. The lowest BCUT2D eigenvalue weighted by Crippen LogP contribution is -2.52. The molecule has 0 radical (unpaired) electrons. The minimum atomic E-state index is -1.08. The molecule has 3 amide bonds. The van der Waals surface area contributed by atoms with Gasteiger partial charge in [-0.2, -0.15) is 0 Å². The Balaban J connectivity index is 2.05. The molecule has 1 aromatic rings. The van der Waals surface area contributed by atoms with Crippen LogP contribution in [0.1, 0.15) is 31.7 Å². The number of carbonyl (C=O) groups excluding carboxylic acids is 4. The van der Waals surface area contributed by atoms with Crippen molar-refractivity contribution in [1.82, 2.24) is 15.5 Å². The molecule has 1 saturated heterocycles.